The zero-order valence-electron chi connectivity index (χ0n) is 20.2. The van der Waals surface area contributed by atoms with E-state index in [0.717, 1.165) is 34.7 Å². The number of amides is 2. The van der Waals surface area contributed by atoms with E-state index in [4.69, 9.17) is 0 Å². The Bertz CT molecular complexity index is 951. The topological polar surface area (TPSA) is 94.6 Å². The number of aliphatic hydroxyl groups excluding tert-OH is 1. The third-order valence-electron chi connectivity index (χ3n) is 6.00. The molecule has 3 N–H and O–H groups in total. The number of carbonyl (C=O) groups excluding carboxylic acids is 2. The van der Waals surface area contributed by atoms with Crippen LogP contribution in [0, 0.1) is 12.3 Å². The smallest absolute Gasteiger partial charge is 0.243 e. The van der Waals surface area contributed by atoms with Crippen LogP contribution in [-0.4, -0.2) is 58.1 Å². The monoisotopic (exact) mass is 472 g/mol. The third kappa shape index (κ3) is 6.19. The average Bonchev–Trinajstić information content (AvgIpc) is 3.37. The van der Waals surface area contributed by atoms with E-state index >= 15 is 0 Å². The maximum absolute atomic E-state index is 13.4. The first-order chi connectivity index (χ1) is 15.6. The maximum atomic E-state index is 13.4. The van der Waals surface area contributed by atoms with E-state index in [9.17, 15) is 14.7 Å². The van der Waals surface area contributed by atoms with Gasteiger partial charge in [0, 0.05) is 19.5 Å². The third-order valence-corrected chi connectivity index (χ3v) is 6.98. The maximum Gasteiger partial charge on any atom is 0.243 e. The molecular weight excluding hydrogens is 436 g/mol. The highest BCUT2D eigenvalue weighted by Gasteiger charge is 2.43. The zero-order chi connectivity index (χ0) is 24.2. The highest BCUT2D eigenvalue weighted by molar-refractivity contribution is 7.13. The van der Waals surface area contributed by atoms with Crippen molar-refractivity contribution in [2.75, 3.05) is 13.1 Å². The van der Waals surface area contributed by atoms with Gasteiger partial charge in [-0.1, -0.05) is 52.0 Å². The molecule has 3 atom stereocenters. The van der Waals surface area contributed by atoms with Gasteiger partial charge in [-0.2, -0.15) is 0 Å². The first kappa shape index (κ1) is 25.3. The van der Waals surface area contributed by atoms with E-state index in [2.05, 4.69) is 22.5 Å². The molecular formula is C25H36N4O3S. The molecule has 2 heterocycles. The summed E-state index contributed by atoms with van der Waals surface area (Å²) in [7, 11) is 0. The summed E-state index contributed by atoms with van der Waals surface area (Å²) in [6.07, 6.45) is 0.470. The number of nitrogens with one attached hydrogen (secondary N) is 2. The second-order valence-electron chi connectivity index (χ2n) is 9.83. The molecule has 0 bridgehead atoms. The van der Waals surface area contributed by atoms with Crippen LogP contribution in [0.4, 0.5) is 0 Å². The van der Waals surface area contributed by atoms with Crippen molar-refractivity contribution in [2.45, 2.75) is 72.2 Å². The Morgan fingerprint density at radius 1 is 1.27 bits per heavy atom. The normalized spacial score (nSPS) is 19.5. The van der Waals surface area contributed by atoms with Gasteiger partial charge in [0.1, 0.15) is 6.04 Å². The second-order valence-corrected chi connectivity index (χ2v) is 10.7. The minimum atomic E-state index is -0.696. The Morgan fingerprint density at radius 2 is 1.97 bits per heavy atom. The number of thiazole rings is 1. The number of hydrogen-bond acceptors (Lipinski definition) is 6. The average molecular weight is 473 g/mol. The molecule has 0 unspecified atom stereocenters. The predicted molar refractivity (Wildman–Crippen MR) is 132 cm³/mol. The number of benzene rings is 1. The van der Waals surface area contributed by atoms with Gasteiger partial charge in [-0.3, -0.25) is 9.59 Å². The molecule has 180 valence electrons. The van der Waals surface area contributed by atoms with Gasteiger partial charge in [0.05, 0.1) is 28.2 Å². The Balaban J connectivity index is 1.65. The Morgan fingerprint density at radius 3 is 2.55 bits per heavy atom. The van der Waals surface area contributed by atoms with Gasteiger partial charge >= 0.3 is 0 Å². The van der Waals surface area contributed by atoms with Crippen molar-refractivity contribution in [3.63, 3.8) is 0 Å². The van der Waals surface area contributed by atoms with Crippen molar-refractivity contribution >= 4 is 23.2 Å². The van der Waals surface area contributed by atoms with Crippen LogP contribution in [0.25, 0.3) is 10.4 Å². The molecule has 0 radical (unpaired) electrons. The van der Waals surface area contributed by atoms with Crippen molar-refractivity contribution in [1.82, 2.24) is 20.5 Å². The fraction of sp³-hybridized carbons (Fsp3) is 0.560. The molecule has 0 spiro atoms. The molecule has 1 aromatic carbocycles. The van der Waals surface area contributed by atoms with Crippen molar-refractivity contribution in [3.8, 4) is 10.4 Å². The van der Waals surface area contributed by atoms with Crippen LogP contribution < -0.4 is 10.6 Å². The number of aliphatic hydroxyl groups is 1. The van der Waals surface area contributed by atoms with Crippen LogP contribution in [-0.2, 0) is 16.1 Å². The number of carbonyl (C=O) groups is 2. The molecule has 8 heteroatoms. The fourth-order valence-corrected chi connectivity index (χ4v) is 5.00. The first-order valence-corrected chi connectivity index (χ1v) is 12.5. The largest absolute Gasteiger partial charge is 0.391 e. The summed E-state index contributed by atoms with van der Waals surface area (Å²) in [6, 6.07) is 6.96. The van der Waals surface area contributed by atoms with Crippen molar-refractivity contribution in [1.29, 1.82) is 0 Å². The van der Waals surface area contributed by atoms with Gasteiger partial charge in [0.15, 0.2) is 0 Å². The summed E-state index contributed by atoms with van der Waals surface area (Å²) in [4.78, 5) is 33.4. The lowest BCUT2D eigenvalue weighted by atomic mass is 9.85. The van der Waals surface area contributed by atoms with E-state index in [1.807, 2.05) is 57.5 Å². The van der Waals surface area contributed by atoms with Crippen molar-refractivity contribution in [2.24, 2.45) is 5.41 Å². The zero-order valence-corrected chi connectivity index (χ0v) is 21.0. The van der Waals surface area contributed by atoms with E-state index in [0.29, 0.717) is 6.54 Å². The summed E-state index contributed by atoms with van der Waals surface area (Å²) in [6.45, 7) is 11.3. The molecule has 2 aromatic rings. The van der Waals surface area contributed by atoms with Gasteiger partial charge in [0.2, 0.25) is 11.8 Å². The summed E-state index contributed by atoms with van der Waals surface area (Å²) in [5.41, 5.74) is 4.62. The number of likely N-dealkylation sites (tertiary alicyclic amines) is 1. The van der Waals surface area contributed by atoms with Crippen LogP contribution in [0.3, 0.4) is 0 Å². The molecule has 7 nitrogen and oxygen atoms in total. The molecule has 0 aliphatic carbocycles. The minimum absolute atomic E-state index is 0.128. The quantitative estimate of drug-likeness (QED) is 0.549. The van der Waals surface area contributed by atoms with Gasteiger partial charge < -0.3 is 20.6 Å². The van der Waals surface area contributed by atoms with E-state index in [-0.39, 0.29) is 30.2 Å². The van der Waals surface area contributed by atoms with Gasteiger partial charge in [-0.15, -0.1) is 11.3 Å². The number of β-amino-alcohol motifs (C(OH)–C–C–N with tert-alkyl or cyclic N) is 1. The van der Waals surface area contributed by atoms with Gasteiger partial charge in [-0.05, 0) is 36.4 Å². The molecule has 1 aromatic heterocycles. The molecule has 1 saturated heterocycles. The van der Waals surface area contributed by atoms with Crippen molar-refractivity contribution < 1.29 is 14.7 Å². The Labute approximate surface area is 200 Å². The lowest BCUT2D eigenvalue weighted by Crippen LogP contribution is -2.56. The number of aromatic nitrogens is 1. The fourth-order valence-electron chi connectivity index (χ4n) is 4.18. The number of hydrogen-bond donors (Lipinski definition) is 3. The molecule has 1 aliphatic heterocycles. The van der Waals surface area contributed by atoms with E-state index in [1.54, 1.807) is 16.2 Å². The molecule has 33 heavy (non-hydrogen) atoms. The summed E-state index contributed by atoms with van der Waals surface area (Å²) < 4.78 is 0. The molecule has 2 amide bonds. The SMILES string of the molecule is CCCN[C@H](C(=O)N1C[C@@H](O)C[C@H]1C(=O)NCc1ccc(-c2scnc2C)cc1)C(C)(C)C. The minimum Gasteiger partial charge on any atom is -0.391 e. The standard InChI is InChI=1S/C25H36N4O3S/c1-6-11-26-22(25(3,4)5)24(32)29-14-19(30)12-20(29)23(31)27-13-17-7-9-18(10-8-17)21-16(2)28-15-33-21/h7-10,15,19-20,22,26,30H,6,11-14H2,1-5H3,(H,27,31)/t19-,20-,22+/m0/s1. The van der Waals surface area contributed by atoms with Crippen LogP contribution in [0.2, 0.25) is 0 Å². The van der Waals surface area contributed by atoms with Crippen molar-refractivity contribution in [3.05, 3.63) is 41.0 Å². The first-order valence-electron chi connectivity index (χ1n) is 11.6. The Hall–Kier alpha value is -2.29. The number of nitrogens with zero attached hydrogens (tertiary/aromatic N) is 2. The highest BCUT2D eigenvalue weighted by atomic mass is 32.1. The lowest BCUT2D eigenvalue weighted by Gasteiger charge is -2.35. The second kappa shape index (κ2) is 10.8. The number of rotatable bonds is 8. The number of aryl methyl sites for hydroxylation is 1. The van der Waals surface area contributed by atoms with Crippen LogP contribution in [0.15, 0.2) is 29.8 Å². The van der Waals surface area contributed by atoms with E-state index < -0.39 is 18.2 Å². The van der Waals surface area contributed by atoms with Crippen LogP contribution >= 0.6 is 11.3 Å². The van der Waals surface area contributed by atoms with Gasteiger partial charge in [0.25, 0.3) is 0 Å². The molecule has 3 rings (SSSR count). The lowest BCUT2D eigenvalue weighted by molar-refractivity contribution is -0.142. The van der Waals surface area contributed by atoms with E-state index in [1.165, 1.54) is 0 Å². The van der Waals surface area contributed by atoms with Crippen LogP contribution in [0.1, 0.15) is 51.8 Å². The Kier molecular flexibility index (Phi) is 8.26. The summed E-state index contributed by atoms with van der Waals surface area (Å²) in [5.74, 6) is -0.359. The summed E-state index contributed by atoms with van der Waals surface area (Å²) in [5, 5.41) is 16.5. The predicted octanol–water partition coefficient (Wildman–Crippen LogP) is 3.11. The molecule has 0 saturated carbocycles. The van der Waals surface area contributed by atoms with Crippen LogP contribution in [0.5, 0.6) is 0 Å². The summed E-state index contributed by atoms with van der Waals surface area (Å²) >= 11 is 1.61. The molecule has 1 fully saturated rings. The highest BCUT2D eigenvalue weighted by Crippen LogP contribution is 2.28. The van der Waals surface area contributed by atoms with Gasteiger partial charge in [-0.25, -0.2) is 4.98 Å². The molecule has 1 aliphatic rings.